The van der Waals surface area contributed by atoms with E-state index in [9.17, 15) is 4.39 Å². The number of benzene rings is 1. The fourth-order valence-corrected chi connectivity index (χ4v) is 1.11. The molecule has 0 bridgehead atoms. The highest BCUT2D eigenvalue weighted by molar-refractivity contribution is 5.29. The Labute approximate surface area is 83.3 Å². The van der Waals surface area contributed by atoms with Gasteiger partial charge in [0.05, 0.1) is 6.61 Å². The second-order valence-corrected chi connectivity index (χ2v) is 3.11. The van der Waals surface area contributed by atoms with Crippen molar-refractivity contribution < 1.29 is 14.2 Å². The van der Waals surface area contributed by atoms with Gasteiger partial charge < -0.3 is 9.84 Å². The summed E-state index contributed by atoms with van der Waals surface area (Å²) in [5.41, 5.74) is 0.617. The van der Waals surface area contributed by atoms with Crippen LogP contribution in [0, 0.1) is 0 Å². The summed E-state index contributed by atoms with van der Waals surface area (Å²) < 4.78 is 18.2. The molecule has 0 saturated carbocycles. The van der Waals surface area contributed by atoms with Gasteiger partial charge in [-0.3, -0.25) is 0 Å². The Kier molecular flexibility index (Phi) is 4.40. The lowest BCUT2D eigenvalue weighted by Gasteiger charge is -2.07. The van der Waals surface area contributed by atoms with Crippen LogP contribution >= 0.6 is 0 Å². The van der Waals surface area contributed by atoms with Crippen molar-refractivity contribution >= 4 is 0 Å². The summed E-state index contributed by atoms with van der Waals surface area (Å²) in [6, 6.07) is 6.95. The summed E-state index contributed by atoms with van der Waals surface area (Å²) in [5, 5.41) is 8.55. The Morgan fingerprint density at radius 3 is 2.93 bits per heavy atom. The van der Waals surface area contributed by atoms with E-state index >= 15 is 0 Å². The van der Waals surface area contributed by atoms with Gasteiger partial charge in [-0.2, -0.15) is 0 Å². The lowest BCUT2D eigenvalue weighted by Crippen LogP contribution is -2.00. The lowest BCUT2D eigenvalue weighted by atomic mass is 10.1. The van der Waals surface area contributed by atoms with Crippen LogP contribution in [0.3, 0.4) is 0 Å². The Morgan fingerprint density at radius 2 is 2.29 bits per heavy atom. The first-order chi connectivity index (χ1) is 6.74. The Bertz CT molecular complexity index is 274. The second kappa shape index (κ2) is 5.60. The molecule has 0 fully saturated rings. The van der Waals surface area contributed by atoms with Crippen LogP contribution in [0.2, 0.25) is 0 Å². The van der Waals surface area contributed by atoms with Gasteiger partial charge in [-0.1, -0.05) is 12.1 Å². The minimum atomic E-state index is -0.976. The molecule has 0 heterocycles. The van der Waals surface area contributed by atoms with E-state index in [0.717, 1.165) is 0 Å². The molecule has 1 atom stereocenters. The summed E-state index contributed by atoms with van der Waals surface area (Å²) in [7, 11) is 0. The molecule has 1 rings (SSSR count). The van der Waals surface area contributed by atoms with E-state index in [1.54, 1.807) is 24.3 Å². The zero-order chi connectivity index (χ0) is 10.4. The number of aliphatic hydroxyl groups excluding tert-OH is 1. The third kappa shape index (κ3) is 3.34. The van der Waals surface area contributed by atoms with Crippen molar-refractivity contribution in [3.63, 3.8) is 0 Å². The molecule has 78 valence electrons. The predicted octanol–water partition coefficient (Wildman–Crippen LogP) is 2.48. The van der Waals surface area contributed by atoms with Gasteiger partial charge in [-0.25, -0.2) is 4.39 Å². The lowest BCUT2D eigenvalue weighted by molar-refractivity contribution is 0.233. The molecular weight excluding hydrogens is 183 g/mol. The molecule has 0 spiro atoms. The van der Waals surface area contributed by atoms with E-state index < -0.39 is 6.17 Å². The first-order valence-corrected chi connectivity index (χ1v) is 4.71. The first kappa shape index (κ1) is 11.0. The molecule has 3 heteroatoms. The number of rotatable bonds is 5. The fourth-order valence-electron chi connectivity index (χ4n) is 1.11. The highest BCUT2D eigenvalue weighted by Crippen LogP contribution is 2.21. The molecular formula is C11H15FO2. The van der Waals surface area contributed by atoms with Crippen LogP contribution in [0.1, 0.15) is 25.1 Å². The maximum Gasteiger partial charge on any atom is 0.122 e. The van der Waals surface area contributed by atoms with Crippen LogP contribution < -0.4 is 4.74 Å². The van der Waals surface area contributed by atoms with Crippen LogP contribution in [-0.2, 0) is 0 Å². The molecule has 0 aliphatic heterocycles. The predicted molar refractivity (Wildman–Crippen MR) is 53.2 cm³/mol. The van der Waals surface area contributed by atoms with Crippen molar-refractivity contribution in [2.75, 3.05) is 13.2 Å². The maximum absolute atomic E-state index is 12.9. The van der Waals surface area contributed by atoms with Crippen LogP contribution in [0.4, 0.5) is 4.39 Å². The number of hydrogen-bond acceptors (Lipinski definition) is 2. The highest BCUT2D eigenvalue weighted by atomic mass is 19.1. The van der Waals surface area contributed by atoms with Gasteiger partial charge in [-0.15, -0.1) is 0 Å². The topological polar surface area (TPSA) is 29.5 Å². The minimum absolute atomic E-state index is 0.110. The molecule has 0 saturated heterocycles. The molecule has 1 aromatic rings. The van der Waals surface area contributed by atoms with Crippen LogP contribution in [0.5, 0.6) is 5.75 Å². The van der Waals surface area contributed by atoms with E-state index in [1.165, 1.54) is 6.92 Å². The van der Waals surface area contributed by atoms with E-state index in [2.05, 4.69) is 0 Å². The Morgan fingerprint density at radius 1 is 1.50 bits per heavy atom. The summed E-state index contributed by atoms with van der Waals surface area (Å²) in [5.74, 6) is 0.653. The Balaban J connectivity index is 2.55. The summed E-state index contributed by atoms with van der Waals surface area (Å²) >= 11 is 0. The molecule has 14 heavy (non-hydrogen) atoms. The van der Waals surface area contributed by atoms with Gasteiger partial charge in [0, 0.05) is 13.0 Å². The second-order valence-electron chi connectivity index (χ2n) is 3.11. The minimum Gasteiger partial charge on any atom is -0.493 e. The van der Waals surface area contributed by atoms with Gasteiger partial charge >= 0.3 is 0 Å². The largest absolute Gasteiger partial charge is 0.493 e. The third-order valence-corrected chi connectivity index (χ3v) is 1.89. The standard InChI is InChI=1S/C11H15FO2/c1-9(12)10-4-2-5-11(8-10)14-7-3-6-13/h2,4-5,8-9,13H,3,6-7H2,1H3. The SMILES string of the molecule is CC(F)c1cccc(OCCCO)c1. The molecule has 1 aromatic carbocycles. The Hall–Kier alpha value is -1.09. The van der Waals surface area contributed by atoms with Gasteiger partial charge in [0.1, 0.15) is 11.9 Å². The zero-order valence-corrected chi connectivity index (χ0v) is 8.24. The number of halogens is 1. The number of ether oxygens (including phenoxy) is 1. The molecule has 0 amide bonds. The van der Waals surface area contributed by atoms with Crippen molar-refractivity contribution in [1.29, 1.82) is 0 Å². The van der Waals surface area contributed by atoms with Crippen LogP contribution in [0.15, 0.2) is 24.3 Å². The monoisotopic (exact) mass is 198 g/mol. The van der Waals surface area contributed by atoms with E-state index in [-0.39, 0.29) is 6.61 Å². The van der Waals surface area contributed by atoms with Crippen molar-refractivity contribution in [2.24, 2.45) is 0 Å². The van der Waals surface area contributed by atoms with Gasteiger partial charge in [0.15, 0.2) is 0 Å². The van der Waals surface area contributed by atoms with Gasteiger partial charge in [0.2, 0.25) is 0 Å². The van der Waals surface area contributed by atoms with Crippen LogP contribution in [0.25, 0.3) is 0 Å². The van der Waals surface area contributed by atoms with E-state index in [4.69, 9.17) is 9.84 Å². The van der Waals surface area contributed by atoms with Crippen molar-refractivity contribution in [2.45, 2.75) is 19.5 Å². The number of hydrogen-bond donors (Lipinski definition) is 1. The zero-order valence-electron chi connectivity index (χ0n) is 8.24. The molecule has 1 N–H and O–H groups in total. The average Bonchev–Trinajstić information content (AvgIpc) is 2.19. The van der Waals surface area contributed by atoms with Crippen molar-refractivity contribution in [3.8, 4) is 5.75 Å². The molecule has 1 unspecified atom stereocenters. The molecule has 0 radical (unpaired) electrons. The number of alkyl halides is 1. The molecule has 0 aliphatic rings. The van der Waals surface area contributed by atoms with E-state index in [1.807, 2.05) is 0 Å². The average molecular weight is 198 g/mol. The molecule has 2 nitrogen and oxygen atoms in total. The van der Waals surface area contributed by atoms with Gasteiger partial charge in [-0.05, 0) is 24.6 Å². The summed E-state index contributed by atoms with van der Waals surface area (Å²) in [6.45, 7) is 2.06. The summed E-state index contributed by atoms with van der Waals surface area (Å²) in [4.78, 5) is 0. The smallest absolute Gasteiger partial charge is 0.122 e. The van der Waals surface area contributed by atoms with Gasteiger partial charge in [0.25, 0.3) is 0 Å². The fraction of sp³-hybridized carbons (Fsp3) is 0.455. The van der Waals surface area contributed by atoms with Crippen LogP contribution in [-0.4, -0.2) is 18.3 Å². The molecule has 0 aliphatic carbocycles. The highest BCUT2D eigenvalue weighted by Gasteiger charge is 2.03. The third-order valence-electron chi connectivity index (χ3n) is 1.89. The summed E-state index contributed by atoms with van der Waals surface area (Å²) in [6.07, 6.45) is -0.383. The molecule has 0 aromatic heterocycles. The normalized spacial score (nSPS) is 12.5. The first-order valence-electron chi connectivity index (χ1n) is 4.71. The maximum atomic E-state index is 12.9. The van der Waals surface area contributed by atoms with Crippen molar-refractivity contribution in [1.82, 2.24) is 0 Å². The quantitative estimate of drug-likeness (QED) is 0.736. The van der Waals surface area contributed by atoms with E-state index in [0.29, 0.717) is 24.3 Å². The number of aliphatic hydroxyl groups is 1. The van der Waals surface area contributed by atoms with Crippen molar-refractivity contribution in [3.05, 3.63) is 29.8 Å².